The number of anilines is 2. The number of ether oxygens (including phenoxy) is 1. The first-order chi connectivity index (χ1) is 12.1. The lowest BCUT2D eigenvalue weighted by atomic mass is 10.0. The van der Waals surface area contributed by atoms with Crippen LogP contribution >= 0.6 is 0 Å². The van der Waals surface area contributed by atoms with Gasteiger partial charge in [-0.05, 0) is 51.9 Å². The van der Waals surface area contributed by atoms with E-state index in [9.17, 15) is 4.79 Å². The number of carbonyl (C=O) groups is 1. The Labute approximate surface area is 150 Å². The van der Waals surface area contributed by atoms with Crippen molar-refractivity contribution in [2.75, 3.05) is 50.6 Å². The molecule has 2 aliphatic rings. The van der Waals surface area contributed by atoms with Crippen LogP contribution in [0.15, 0.2) is 18.2 Å². The van der Waals surface area contributed by atoms with E-state index < -0.39 is 0 Å². The van der Waals surface area contributed by atoms with Gasteiger partial charge in [0.25, 0.3) is 5.91 Å². The van der Waals surface area contributed by atoms with Gasteiger partial charge in [-0.25, -0.2) is 0 Å². The van der Waals surface area contributed by atoms with E-state index >= 15 is 0 Å². The van der Waals surface area contributed by atoms with E-state index in [0.29, 0.717) is 17.6 Å². The number of amides is 1. The first kappa shape index (κ1) is 18.0. The summed E-state index contributed by atoms with van der Waals surface area (Å²) < 4.78 is 5.45. The first-order valence-electron chi connectivity index (χ1n) is 9.24. The van der Waals surface area contributed by atoms with Crippen LogP contribution in [0.5, 0.6) is 0 Å². The van der Waals surface area contributed by atoms with Gasteiger partial charge in [-0.1, -0.05) is 6.07 Å². The van der Waals surface area contributed by atoms with Gasteiger partial charge in [0.1, 0.15) is 0 Å². The van der Waals surface area contributed by atoms with Crippen molar-refractivity contribution >= 4 is 17.3 Å². The zero-order valence-corrected chi connectivity index (χ0v) is 15.3. The van der Waals surface area contributed by atoms with Crippen molar-refractivity contribution in [3.63, 3.8) is 0 Å². The molecule has 0 spiro atoms. The molecule has 6 heteroatoms. The molecule has 2 heterocycles. The maximum absolute atomic E-state index is 12.0. The fourth-order valence-electron chi connectivity index (χ4n) is 3.83. The van der Waals surface area contributed by atoms with Crippen molar-refractivity contribution < 1.29 is 9.53 Å². The smallest absolute Gasteiger partial charge is 0.250 e. The second kappa shape index (κ2) is 8.06. The standard InChI is InChI=1S/C19H30N4O2/c1-22(2)15-6-10-23(11-7-15)17-5-3-4-16(19(20)24)18(17)21-14-8-12-25-13-9-14/h3-5,14-15,21H,6-13H2,1-2H3,(H2,20,24). The highest BCUT2D eigenvalue weighted by Gasteiger charge is 2.25. The highest BCUT2D eigenvalue weighted by Crippen LogP contribution is 2.33. The number of carbonyl (C=O) groups excluding carboxylic acids is 1. The van der Waals surface area contributed by atoms with Crippen LogP contribution in [0, 0.1) is 0 Å². The van der Waals surface area contributed by atoms with Crippen LogP contribution in [-0.2, 0) is 4.74 Å². The molecule has 1 aromatic rings. The number of rotatable bonds is 5. The van der Waals surface area contributed by atoms with Gasteiger partial charge in [0.2, 0.25) is 0 Å². The van der Waals surface area contributed by atoms with Crippen LogP contribution in [0.4, 0.5) is 11.4 Å². The number of benzene rings is 1. The monoisotopic (exact) mass is 346 g/mol. The maximum Gasteiger partial charge on any atom is 0.250 e. The lowest BCUT2D eigenvalue weighted by Gasteiger charge is -2.38. The minimum Gasteiger partial charge on any atom is -0.381 e. The Balaban J connectivity index is 1.82. The Morgan fingerprint density at radius 3 is 2.48 bits per heavy atom. The molecule has 25 heavy (non-hydrogen) atoms. The number of hydrogen-bond donors (Lipinski definition) is 2. The Bertz CT molecular complexity index is 591. The predicted octanol–water partition coefficient (Wildman–Crippen LogP) is 1.91. The number of hydrogen-bond acceptors (Lipinski definition) is 5. The number of nitrogens with zero attached hydrogens (tertiary/aromatic N) is 2. The van der Waals surface area contributed by atoms with Gasteiger partial charge in [0.05, 0.1) is 16.9 Å². The second-order valence-corrected chi connectivity index (χ2v) is 7.28. The maximum atomic E-state index is 12.0. The number of para-hydroxylation sites is 1. The fraction of sp³-hybridized carbons (Fsp3) is 0.632. The summed E-state index contributed by atoms with van der Waals surface area (Å²) in [5.74, 6) is -0.375. The molecule has 0 bridgehead atoms. The van der Waals surface area contributed by atoms with Crippen LogP contribution in [0.3, 0.4) is 0 Å². The van der Waals surface area contributed by atoms with E-state index in [1.165, 1.54) is 0 Å². The fourth-order valence-corrected chi connectivity index (χ4v) is 3.83. The molecule has 2 saturated heterocycles. The Hall–Kier alpha value is -1.79. The Kier molecular flexibility index (Phi) is 5.81. The summed E-state index contributed by atoms with van der Waals surface area (Å²) >= 11 is 0. The molecule has 0 radical (unpaired) electrons. The molecule has 0 atom stereocenters. The number of primary amides is 1. The Morgan fingerprint density at radius 2 is 1.88 bits per heavy atom. The van der Waals surface area contributed by atoms with Crippen LogP contribution in [0.2, 0.25) is 0 Å². The summed E-state index contributed by atoms with van der Waals surface area (Å²) in [5, 5.41) is 3.60. The van der Waals surface area contributed by atoms with Gasteiger partial charge in [-0.2, -0.15) is 0 Å². The largest absolute Gasteiger partial charge is 0.381 e. The van der Waals surface area contributed by atoms with E-state index in [-0.39, 0.29) is 5.91 Å². The minimum atomic E-state index is -0.375. The molecule has 3 rings (SSSR count). The van der Waals surface area contributed by atoms with Gasteiger partial charge in [-0.15, -0.1) is 0 Å². The summed E-state index contributed by atoms with van der Waals surface area (Å²) in [7, 11) is 4.29. The molecular weight excluding hydrogens is 316 g/mol. The highest BCUT2D eigenvalue weighted by molar-refractivity contribution is 6.01. The van der Waals surface area contributed by atoms with Crippen LogP contribution in [0.1, 0.15) is 36.0 Å². The van der Waals surface area contributed by atoms with Gasteiger partial charge in [-0.3, -0.25) is 4.79 Å². The molecule has 3 N–H and O–H groups in total. The predicted molar refractivity (Wildman–Crippen MR) is 101 cm³/mol. The number of piperidine rings is 1. The van der Waals surface area contributed by atoms with Crippen molar-refractivity contribution in [2.45, 2.75) is 37.8 Å². The molecule has 0 aliphatic carbocycles. The SMILES string of the molecule is CN(C)C1CCN(c2cccc(C(N)=O)c2NC2CCOCC2)CC1. The number of nitrogens with two attached hydrogens (primary N) is 1. The lowest BCUT2D eigenvalue weighted by molar-refractivity contribution is 0.0904. The van der Waals surface area contributed by atoms with Crippen molar-refractivity contribution in [3.05, 3.63) is 23.8 Å². The van der Waals surface area contributed by atoms with Crippen LogP contribution < -0.4 is 16.0 Å². The van der Waals surface area contributed by atoms with Crippen LogP contribution in [-0.4, -0.2) is 63.3 Å². The Morgan fingerprint density at radius 1 is 1.20 bits per heavy atom. The average Bonchev–Trinajstić information content (AvgIpc) is 2.62. The van der Waals surface area contributed by atoms with E-state index in [2.05, 4.69) is 35.3 Å². The molecular formula is C19H30N4O2. The van der Waals surface area contributed by atoms with Crippen molar-refractivity contribution in [1.82, 2.24) is 4.90 Å². The molecule has 0 aromatic heterocycles. The zero-order chi connectivity index (χ0) is 17.8. The molecule has 0 saturated carbocycles. The molecule has 1 amide bonds. The summed E-state index contributed by atoms with van der Waals surface area (Å²) in [6.45, 7) is 3.51. The molecule has 0 unspecified atom stereocenters. The van der Waals surface area contributed by atoms with E-state index in [1.54, 1.807) is 0 Å². The van der Waals surface area contributed by atoms with Gasteiger partial charge >= 0.3 is 0 Å². The summed E-state index contributed by atoms with van der Waals surface area (Å²) in [4.78, 5) is 16.7. The van der Waals surface area contributed by atoms with Gasteiger partial charge in [0, 0.05) is 38.4 Å². The van der Waals surface area contributed by atoms with E-state index in [0.717, 1.165) is 63.4 Å². The number of nitrogens with one attached hydrogen (secondary N) is 1. The topological polar surface area (TPSA) is 70.8 Å². The second-order valence-electron chi connectivity index (χ2n) is 7.28. The molecule has 6 nitrogen and oxygen atoms in total. The zero-order valence-electron chi connectivity index (χ0n) is 15.3. The summed E-state index contributed by atoms with van der Waals surface area (Å²) in [6.07, 6.45) is 4.17. The minimum absolute atomic E-state index is 0.326. The van der Waals surface area contributed by atoms with Crippen molar-refractivity contribution in [3.8, 4) is 0 Å². The third-order valence-electron chi connectivity index (χ3n) is 5.41. The third kappa shape index (κ3) is 4.25. The quantitative estimate of drug-likeness (QED) is 0.852. The summed E-state index contributed by atoms with van der Waals surface area (Å²) in [6, 6.07) is 6.81. The average molecular weight is 346 g/mol. The van der Waals surface area contributed by atoms with Crippen molar-refractivity contribution in [2.24, 2.45) is 5.73 Å². The molecule has 2 fully saturated rings. The van der Waals surface area contributed by atoms with Gasteiger partial charge < -0.3 is 25.6 Å². The molecule has 138 valence electrons. The lowest BCUT2D eigenvalue weighted by Crippen LogP contribution is -2.42. The van der Waals surface area contributed by atoms with Crippen molar-refractivity contribution in [1.29, 1.82) is 0 Å². The van der Waals surface area contributed by atoms with E-state index in [1.807, 2.05) is 12.1 Å². The van der Waals surface area contributed by atoms with Crippen LogP contribution in [0.25, 0.3) is 0 Å². The van der Waals surface area contributed by atoms with E-state index in [4.69, 9.17) is 10.5 Å². The molecule has 1 aromatic carbocycles. The molecule has 2 aliphatic heterocycles. The van der Waals surface area contributed by atoms with Gasteiger partial charge in [0.15, 0.2) is 0 Å². The first-order valence-corrected chi connectivity index (χ1v) is 9.24. The normalized spacial score (nSPS) is 20.0. The summed E-state index contributed by atoms with van der Waals surface area (Å²) in [5.41, 5.74) is 8.22. The highest BCUT2D eigenvalue weighted by atomic mass is 16.5. The third-order valence-corrected chi connectivity index (χ3v) is 5.41.